The summed E-state index contributed by atoms with van der Waals surface area (Å²) in [6.45, 7) is -1.00. The van der Waals surface area contributed by atoms with Gasteiger partial charge in [0.1, 0.15) is 6.61 Å². The van der Waals surface area contributed by atoms with Gasteiger partial charge in [-0.25, -0.2) is 0 Å². The maximum absolute atomic E-state index is 11.8. The van der Waals surface area contributed by atoms with Crippen LogP contribution in [0, 0.1) is 5.92 Å². The lowest BCUT2D eigenvalue weighted by molar-refractivity contribution is -0.149. The Hall–Kier alpha value is -0.780. The van der Waals surface area contributed by atoms with E-state index >= 15 is 0 Å². The lowest BCUT2D eigenvalue weighted by Gasteiger charge is -2.19. The molecule has 1 aliphatic carbocycles. The minimum absolute atomic E-state index is 0.00537. The van der Waals surface area contributed by atoms with E-state index in [0.717, 1.165) is 32.1 Å². The Kier molecular flexibility index (Phi) is 5.74. The highest BCUT2D eigenvalue weighted by Gasteiger charge is 2.26. The minimum Gasteiger partial charge on any atom is -0.464 e. The third-order valence-electron chi connectivity index (χ3n) is 2.79. The number of alkyl halides is 3. The van der Waals surface area contributed by atoms with Crippen LogP contribution in [0.25, 0.3) is 0 Å². The van der Waals surface area contributed by atoms with E-state index in [1.54, 1.807) is 0 Å². The summed E-state index contributed by atoms with van der Waals surface area (Å²) < 4.78 is 40.2. The molecule has 0 aliphatic heterocycles. The number of halogens is 3. The van der Waals surface area contributed by atoms with Crippen molar-refractivity contribution in [1.82, 2.24) is 5.32 Å². The Balaban J connectivity index is 2.04. The largest absolute Gasteiger partial charge is 0.464 e. The Labute approximate surface area is 98.7 Å². The Morgan fingerprint density at radius 3 is 2.47 bits per heavy atom. The van der Waals surface area contributed by atoms with Crippen molar-refractivity contribution in [2.45, 2.75) is 38.3 Å². The van der Waals surface area contributed by atoms with Gasteiger partial charge in [-0.1, -0.05) is 19.3 Å². The van der Waals surface area contributed by atoms with Crippen LogP contribution in [0.5, 0.6) is 0 Å². The third-order valence-corrected chi connectivity index (χ3v) is 2.79. The molecule has 1 rings (SSSR count). The first-order valence-electron chi connectivity index (χ1n) is 5.93. The molecule has 100 valence electrons. The van der Waals surface area contributed by atoms with E-state index in [4.69, 9.17) is 4.74 Å². The fourth-order valence-electron chi connectivity index (χ4n) is 1.91. The first-order chi connectivity index (χ1) is 7.99. The molecule has 6 heteroatoms. The number of nitrogens with one attached hydrogen (secondary N) is 1. The minimum atomic E-state index is -4.21. The number of hydrogen-bond acceptors (Lipinski definition) is 3. The third kappa shape index (κ3) is 6.51. The van der Waals surface area contributed by atoms with E-state index in [9.17, 15) is 18.0 Å². The van der Waals surface area contributed by atoms with Crippen molar-refractivity contribution in [1.29, 1.82) is 0 Å². The molecule has 17 heavy (non-hydrogen) atoms. The smallest absolute Gasteiger partial charge is 0.401 e. The molecular formula is C11H18F3NO2. The average molecular weight is 253 g/mol. The zero-order valence-corrected chi connectivity index (χ0v) is 9.68. The summed E-state index contributed by atoms with van der Waals surface area (Å²) in [5.74, 6) is -0.315. The molecule has 0 aromatic rings. The van der Waals surface area contributed by atoms with Crippen molar-refractivity contribution in [3.63, 3.8) is 0 Å². The topological polar surface area (TPSA) is 38.3 Å². The number of esters is 1. The van der Waals surface area contributed by atoms with Crippen LogP contribution in [-0.4, -0.2) is 31.8 Å². The molecule has 0 atom stereocenters. The fraction of sp³-hybridized carbons (Fsp3) is 0.909. The van der Waals surface area contributed by atoms with Crippen LogP contribution < -0.4 is 5.32 Å². The molecule has 0 aromatic carbocycles. The van der Waals surface area contributed by atoms with Crippen LogP contribution in [-0.2, 0) is 9.53 Å². The van der Waals surface area contributed by atoms with E-state index in [2.05, 4.69) is 5.32 Å². The second-order valence-corrected chi connectivity index (χ2v) is 4.29. The van der Waals surface area contributed by atoms with Crippen molar-refractivity contribution in [2.75, 3.05) is 19.7 Å². The molecular weight excluding hydrogens is 235 g/mol. The van der Waals surface area contributed by atoms with Gasteiger partial charge in [0.05, 0.1) is 12.5 Å². The average Bonchev–Trinajstić information content (AvgIpc) is 2.28. The van der Waals surface area contributed by atoms with Crippen LogP contribution in [0.15, 0.2) is 0 Å². The van der Waals surface area contributed by atoms with Gasteiger partial charge in [-0.3, -0.25) is 4.79 Å². The Morgan fingerprint density at radius 1 is 1.24 bits per heavy atom. The monoisotopic (exact) mass is 253 g/mol. The van der Waals surface area contributed by atoms with E-state index in [-0.39, 0.29) is 25.0 Å². The molecule has 0 spiro atoms. The van der Waals surface area contributed by atoms with Crippen molar-refractivity contribution in [2.24, 2.45) is 5.92 Å². The number of carbonyl (C=O) groups is 1. The highest BCUT2D eigenvalue weighted by atomic mass is 19.4. The van der Waals surface area contributed by atoms with Crippen molar-refractivity contribution in [3.05, 3.63) is 0 Å². The molecule has 0 amide bonds. The van der Waals surface area contributed by atoms with Gasteiger partial charge in [-0.05, 0) is 12.8 Å². The summed E-state index contributed by atoms with van der Waals surface area (Å²) in [6, 6.07) is 0. The summed E-state index contributed by atoms with van der Waals surface area (Å²) in [6.07, 6.45) is 0.687. The van der Waals surface area contributed by atoms with Gasteiger partial charge in [-0.15, -0.1) is 0 Å². The summed E-state index contributed by atoms with van der Waals surface area (Å²) in [4.78, 5) is 11.5. The quantitative estimate of drug-likeness (QED) is 0.603. The molecule has 1 saturated carbocycles. The van der Waals surface area contributed by atoms with Crippen LogP contribution in [0.2, 0.25) is 0 Å². The van der Waals surface area contributed by atoms with E-state index in [0.29, 0.717) is 0 Å². The molecule has 0 radical (unpaired) electrons. The van der Waals surface area contributed by atoms with Crippen molar-refractivity contribution in [3.8, 4) is 0 Å². The second kappa shape index (κ2) is 6.83. The van der Waals surface area contributed by atoms with E-state index < -0.39 is 12.7 Å². The molecule has 0 aromatic heterocycles. The van der Waals surface area contributed by atoms with Gasteiger partial charge in [-0.2, -0.15) is 13.2 Å². The molecule has 0 bridgehead atoms. The van der Waals surface area contributed by atoms with Gasteiger partial charge in [0, 0.05) is 6.54 Å². The second-order valence-electron chi connectivity index (χ2n) is 4.29. The lowest BCUT2D eigenvalue weighted by Crippen LogP contribution is -2.32. The van der Waals surface area contributed by atoms with E-state index in [1.807, 2.05) is 0 Å². The number of hydrogen-bond donors (Lipinski definition) is 1. The van der Waals surface area contributed by atoms with Gasteiger partial charge in [0.15, 0.2) is 0 Å². The van der Waals surface area contributed by atoms with Crippen LogP contribution in [0.1, 0.15) is 32.1 Å². The summed E-state index contributed by atoms with van der Waals surface area (Å²) in [5.41, 5.74) is 0. The highest BCUT2D eigenvalue weighted by Crippen LogP contribution is 2.24. The Bertz CT molecular complexity index is 237. The van der Waals surface area contributed by atoms with Gasteiger partial charge in [0.25, 0.3) is 0 Å². The molecule has 3 nitrogen and oxygen atoms in total. The number of ether oxygens (including phenoxy) is 1. The Morgan fingerprint density at radius 2 is 1.88 bits per heavy atom. The van der Waals surface area contributed by atoms with E-state index in [1.165, 1.54) is 0 Å². The molecule has 1 aliphatic rings. The summed E-state index contributed by atoms with van der Waals surface area (Å²) in [7, 11) is 0. The van der Waals surface area contributed by atoms with Gasteiger partial charge >= 0.3 is 12.1 Å². The molecule has 0 unspecified atom stereocenters. The van der Waals surface area contributed by atoms with Crippen LogP contribution >= 0.6 is 0 Å². The predicted octanol–water partition coefficient (Wildman–Crippen LogP) is 2.26. The predicted molar refractivity (Wildman–Crippen MR) is 56.5 cm³/mol. The standard InChI is InChI=1S/C11H18F3NO2/c12-11(13,14)8-15-6-7-17-10(16)9-4-2-1-3-5-9/h9,15H,1-8H2. The SMILES string of the molecule is O=C(OCCNCC(F)(F)F)C1CCCCC1. The first-order valence-corrected chi connectivity index (χ1v) is 5.93. The van der Waals surface area contributed by atoms with Crippen LogP contribution in [0.3, 0.4) is 0 Å². The maximum atomic E-state index is 11.8. The van der Waals surface area contributed by atoms with Crippen molar-refractivity contribution < 1.29 is 22.7 Å². The molecule has 0 heterocycles. The number of rotatable bonds is 5. The lowest BCUT2D eigenvalue weighted by atomic mass is 9.89. The number of carbonyl (C=O) groups excluding carboxylic acids is 1. The molecule has 1 fully saturated rings. The maximum Gasteiger partial charge on any atom is 0.401 e. The molecule has 1 N–H and O–H groups in total. The zero-order chi connectivity index (χ0) is 12.7. The first kappa shape index (κ1) is 14.3. The normalized spacial score (nSPS) is 18.1. The zero-order valence-electron chi connectivity index (χ0n) is 9.68. The fourth-order valence-corrected chi connectivity index (χ4v) is 1.91. The van der Waals surface area contributed by atoms with Crippen molar-refractivity contribution >= 4 is 5.97 Å². The van der Waals surface area contributed by atoms with Gasteiger partial charge < -0.3 is 10.1 Å². The van der Waals surface area contributed by atoms with Gasteiger partial charge in [0.2, 0.25) is 0 Å². The highest BCUT2D eigenvalue weighted by molar-refractivity contribution is 5.72. The molecule has 0 saturated heterocycles. The summed E-state index contributed by atoms with van der Waals surface area (Å²) in [5, 5.41) is 2.18. The van der Waals surface area contributed by atoms with Crippen LogP contribution in [0.4, 0.5) is 13.2 Å². The summed E-state index contributed by atoms with van der Waals surface area (Å²) >= 11 is 0.